The Labute approximate surface area is 140 Å². The molecular formula is C21H28N2. The fourth-order valence-electron chi connectivity index (χ4n) is 3.33. The Morgan fingerprint density at radius 2 is 1.83 bits per heavy atom. The zero-order valence-electron chi connectivity index (χ0n) is 14.7. The molecule has 1 aromatic carbocycles. The number of aryl methyl sites for hydroxylation is 3. The van der Waals surface area contributed by atoms with Gasteiger partial charge in [-0.2, -0.15) is 0 Å². The van der Waals surface area contributed by atoms with E-state index in [0.717, 1.165) is 24.5 Å². The summed E-state index contributed by atoms with van der Waals surface area (Å²) >= 11 is 0. The molecule has 122 valence electrons. The SMILES string of the molecule is Cc1nc(-c2ccc3c(c2)CCCC3)ccc1CNCC(C)C. The molecule has 23 heavy (non-hydrogen) atoms. The Morgan fingerprint density at radius 3 is 2.57 bits per heavy atom. The van der Waals surface area contributed by atoms with E-state index < -0.39 is 0 Å². The standard InChI is InChI=1S/C21H28N2/c1-15(2)13-22-14-20-10-11-21(23-16(20)3)19-9-8-17-6-4-5-7-18(17)12-19/h8-12,15,22H,4-7,13-14H2,1-3H3. The number of nitrogens with one attached hydrogen (secondary N) is 1. The largest absolute Gasteiger partial charge is 0.312 e. The highest BCUT2D eigenvalue weighted by Crippen LogP contribution is 2.27. The topological polar surface area (TPSA) is 24.9 Å². The lowest BCUT2D eigenvalue weighted by Gasteiger charge is -2.17. The second-order valence-corrected chi connectivity index (χ2v) is 7.16. The Kier molecular flexibility index (Phi) is 5.12. The lowest BCUT2D eigenvalue weighted by molar-refractivity contribution is 0.551. The van der Waals surface area contributed by atoms with Gasteiger partial charge in [0.25, 0.3) is 0 Å². The Morgan fingerprint density at radius 1 is 1.04 bits per heavy atom. The molecule has 2 aromatic rings. The first kappa shape index (κ1) is 16.2. The van der Waals surface area contributed by atoms with E-state index in [1.165, 1.54) is 47.9 Å². The number of hydrogen-bond donors (Lipinski definition) is 1. The highest BCUT2D eigenvalue weighted by Gasteiger charge is 2.11. The van der Waals surface area contributed by atoms with E-state index in [1.54, 1.807) is 0 Å². The van der Waals surface area contributed by atoms with E-state index >= 15 is 0 Å². The van der Waals surface area contributed by atoms with Gasteiger partial charge in [-0.15, -0.1) is 0 Å². The number of nitrogens with zero attached hydrogens (tertiary/aromatic N) is 1. The maximum Gasteiger partial charge on any atom is 0.0705 e. The van der Waals surface area contributed by atoms with Crippen LogP contribution in [0.5, 0.6) is 0 Å². The van der Waals surface area contributed by atoms with Crippen LogP contribution in [0.3, 0.4) is 0 Å². The average Bonchev–Trinajstić information content (AvgIpc) is 2.55. The van der Waals surface area contributed by atoms with Crippen molar-refractivity contribution in [3.05, 3.63) is 52.7 Å². The fraction of sp³-hybridized carbons (Fsp3) is 0.476. The van der Waals surface area contributed by atoms with Crippen molar-refractivity contribution in [2.75, 3.05) is 6.54 Å². The Hall–Kier alpha value is -1.67. The van der Waals surface area contributed by atoms with Crippen LogP contribution in [-0.2, 0) is 19.4 Å². The number of hydrogen-bond acceptors (Lipinski definition) is 2. The highest BCUT2D eigenvalue weighted by molar-refractivity contribution is 5.62. The molecule has 0 saturated heterocycles. The molecule has 2 nitrogen and oxygen atoms in total. The number of pyridine rings is 1. The minimum Gasteiger partial charge on any atom is -0.312 e. The first-order valence-corrected chi connectivity index (χ1v) is 8.93. The van der Waals surface area contributed by atoms with Gasteiger partial charge in [0.15, 0.2) is 0 Å². The summed E-state index contributed by atoms with van der Waals surface area (Å²) in [7, 11) is 0. The van der Waals surface area contributed by atoms with Crippen molar-refractivity contribution in [3.63, 3.8) is 0 Å². The number of fused-ring (bicyclic) bond motifs is 1. The van der Waals surface area contributed by atoms with Gasteiger partial charge in [-0.05, 0) is 73.9 Å². The third-order valence-corrected chi connectivity index (χ3v) is 4.71. The van der Waals surface area contributed by atoms with Crippen molar-refractivity contribution < 1.29 is 0 Å². The van der Waals surface area contributed by atoms with Gasteiger partial charge in [-0.1, -0.05) is 32.0 Å². The van der Waals surface area contributed by atoms with Gasteiger partial charge in [-0.3, -0.25) is 4.98 Å². The quantitative estimate of drug-likeness (QED) is 0.867. The average molecular weight is 308 g/mol. The van der Waals surface area contributed by atoms with Crippen molar-refractivity contribution in [1.29, 1.82) is 0 Å². The van der Waals surface area contributed by atoms with Crippen molar-refractivity contribution in [2.24, 2.45) is 5.92 Å². The van der Waals surface area contributed by atoms with Crippen LogP contribution in [-0.4, -0.2) is 11.5 Å². The molecule has 1 heterocycles. The Bertz CT molecular complexity index is 674. The lowest BCUT2D eigenvalue weighted by atomic mass is 9.90. The molecule has 0 spiro atoms. The van der Waals surface area contributed by atoms with E-state index in [2.05, 4.69) is 56.4 Å². The zero-order chi connectivity index (χ0) is 16.2. The van der Waals surface area contributed by atoms with E-state index in [-0.39, 0.29) is 0 Å². The molecule has 0 radical (unpaired) electrons. The smallest absolute Gasteiger partial charge is 0.0705 e. The first-order valence-electron chi connectivity index (χ1n) is 8.93. The summed E-state index contributed by atoms with van der Waals surface area (Å²) in [5.74, 6) is 0.679. The van der Waals surface area contributed by atoms with Crippen molar-refractivity contribution in [3.8, 4) is 11.3 Å². The third kappa shape index (κ3) is 4.00. The summed E-state index contributed by atoms with van der Waals surface area (Å²) in [5, 5.41) is 3.50. The van der Waals surface area contributed by atoms with Crippen LogP contribution in [0.25, 0.3) is 11.3 Å². The highest BCUT2D eigenvalue weighted by atomic mass is 14.9. The molecule has 0 aliphatic heterocycles. The van der Waals surface area contributed by atoms with E-state index in [0.29, 0.717) is 5.92 Å². The molecule has 0 unspecified atom stereocenters. The molecule has 0 amide bonds. The van der Waals surface area contributed by atoms with Crippen LogP contribution in [0.2, 0.25) is 0 Å². The normalized spacial score (nSPS) is 14.1. The van der Waals surface area contributed by atoms with Crippen LogP contribution in [0.15, 0.2) is 30.3 Å². The minimum absolute atomic E-state index is 0.679. The monoisotopic (exact) mass is 308 g/mol. The van der Waals surface area contributed by atoms with Crippen LogP contribution >= 0.6 is 0 Å². The zero-order valence-corrected chi connectivity index (χ0v) is 14.7. The van der Waals surface area contributed by atoms with Gasteiger partial charge in [0.1, 0.15) is 0 Å². The van der Waals surface area contributed by atoms with Crippen LogP contribution in [0.1, 0.15) is 49.1 Å². The van der Waals surface area contributed by atoms with Gasteiger partial charge < -0.3 is 5.32 Å². The van der Waals surface area contributed by atoms with Gasteiger partial charge in [-0.25, -0.2) is 0 Å². The van der Waals surface area contributed by atoms with Crippen LogP contribution in [0.4, 0.5) is 0 Å². The predicted octanol–water partition coefficient (Wildman–Crippen LogP) is 4.68. The summed E-state index contributed by atoms with van der Waals surface area (Å²) < 4.78 is 0. The molecule has 1 N–H and O–H groups in total. The molecule has 0 saturated carbocycles. The second-order valence-electron chi connectivity index (χ2n) is 7.16. The van der Waals surface area contributed by atoms with E-state index in [4.69, 9.17) is 4.98 Å². The van der Waals surface area contributed by atoms with Gasteiger partial charge in [0, 0.05) is 17.8 Å². The number of aromatic nitrogens is 1. The summed E-state index contributed by atoms with van der Waals surface area (Å²) in [6, 6.07) is 11.3. The van der Waals surface area contributed by atoms with Crippen molar-refractivity contribution >= 4 is 0 Å². The second kappa shape index (κ2) is 7.27. The molecular weight excluding hydrogens is 280 g/mol. The molecule has 1 aliphatic carbocycles. The van der Waals surface area contributed by atoms with Crippen molar-refractivity contribution in [2.45, 2.75) is 53.0 Å². The molecule has 2 heteroatoms. The maximum absolute atomic E-state index is 4.85. The summed E-state index contributed by atoms with van der Waals surface area (Å²) in [6.07, 6.45) is 5.12. The molecule has 0 fully saturated rings. The third-order valence-electron chi connectivity index (χ3n) is 4.71. The lowest BCUT2D eigenvalue weighted by Crippen LogP contribution is -2.19. The molecule has 1 aliphatic rings. The molecule has 3 rings (SSSR count). The van der Waals surface area contributed by atoms with E-state index in [9.17, 15) is 0 Å². The maximum atomic E-state index is 4.85. The Balaban J connectivity index is 1.77. The summed E-state index contributed by atoms with van der Waals surface area (Å²) in [4.78, 5) is 4.85. The van der Waals surface area contributed by atoms with E-state index in [1.807, 2.05) is 0 Å². The molecule has 0 bridgehead atoms. The number of benzene rings is 1. The first-order chi connectivity index (χ1) is 11.1. The summed E-state index contributed by atoms with van der Waals surface area (Å²) in [5.41, 5.74) is 7.85. The summed E-state index contributed by atoms with van der Waals surface area (Å²) in [6.45, 7) is 8.54. The van der Waals surface area contributed by atoms with Crippen LogP contribution < -0.4 is 5.32 Å². The predicted molar refractivity (Wildman–Crippen MR) is 97.6 cm³/mol. The minimum atomic E-state index is 0.679. The number of rotatable bonds is 5. The van der Waals surface area contributed by atoms with Gasteiger partial charge in [0.2, 0.25) is 0 Å². The van der Waals surface area contributed by atoms with Gasteiger partial charge in [0.05, 0.1) is 5.69 Å². The van der Waals surface area contributed by atoms with Crippen LogP contribution in [0, 0.1) is 12.8 Å². The van der Waals surface area contributed by atoms with Gasteiger partial charge >= 0.3 is 0 Å². The molecule has 0 atom stereocenters. The van der Waals surface area contributed by atoms with Crippen molar-refractivity contribution in [1.82, 2.24) is 10.3 Å². The molecule has 1 aromatic heterocycles. The fourth-order valence-corrected chi connectivity index (χ4v) is 3.33.